The molecule has 12 heavy (non-hydrogen) atoms. The Morgan fingerprint density at radius 3 is 2.67 bits per heavy atom. The summed E-state index contributed by atoms with van der Waals surface area (Å²) in [7, 11) is 0. The summed E-state index contributed by atoms with van der Waals surface area (Å²) >= 11 is 0. The minimum Gasteiger partial charge on any atom is -0.388 e. The Hall–Kier alpha value is -1.32. The zero-order valence-corrected chi connectivity index (χ0v) is 7.44. The van der Waals surface area contributed by atoms with E-state index < -0.39 is 0 Å². The highest BCUT2D eigenvalue weighted by Gasteiger charge is 2.05. The lowest BCUT2D eigenvalue weighted by Gasteiger charge is -1.98. The maximum absolute atomic E-state index is 7.08. The first-order chi connectivity index (χ1) is 5.61. The van der Waals surface area contributed by atoms with Crippen molar-refractivity contribution in [1.82, 2.24) is 10.2 Å². The third-order valence-electron chi connectivity index (χ3n) is 1.93. The van der Waals surface area contributed by atoms with Crippen molar-refractivity contribution in [3.63, 3.8) is 0 Å². The van der Waals surface area contributed by atoms with Gasteiger partial charge < -0.3 is 5.73 Å². The summed E-state index contributed by atoms with van der Waals surface area (Å²) in [6, 6.07) is 0. The van der Waals surface area contributed by atoms with Gasteiger partial charge in [-0.3, -0.25) is 10.5 Å². The molecule has 0 aliphatic carbocycles. The molecule has 1 heterocycles. The van der Waals surface area contributed by atoms with Gasteiger partial charge in [-0.15, -0.1) is 0 Å². The molecule has 4 N–H and O–H groups in total. The Kier molecular flexibility index (Phi) is 2.47. The summed E-state index contributed by atoms with van der Waals surface area (Å²) in [5.41, 5.74) is 8.53. The van der Waals surface area contributed by atoms with Gasteiger partial charge in [0, 0.05) is 12.1 Å². The monoisotopic (exact) mass is 166 g/mol. The Bertz CT molecular complexity index is 268. The van der Waals surface area contributed by atoms with Gasteiger partial charge in [0.05, 0.1) is 11.5 Å². The van der Waals surface area contributed by atoms with Gasteiger partial charge in [-0.2, -0.15) is 5.10 Å². The largest absolute Gasteiger partial charge is 0.388 e. The van der Waals surface area contributed by atoms with Gasteiger partial charge in [-0.1, -0.05) is 0 Å². The van der Waals surface area contributed by atoms with Gasteiger partial charge in [0.15, 0.2) is 0 Å². The van der Waals surface area contributed by atoms with E-state index >= 15 is 0 Å². The molecule has 0 saturated heterocycles. The molecule has 0 saturated carbocycles. The number of nitrogens with zero attached hydrogens (tertiary/aromatic N) is 1. The number of amidine groups is 1. The first-order valence-corrected chi connectivity index (χ1v) is 3.94. The molecule has 0 fully saturated rings. The first kappa shape index (κ1) is 8.77. The Balaban J connectivity index is 2.68. The lowest BCUT2D eigenvalue weighted by molar-refractivity contribution is 0.991. The summed E-state index contributed by atoms with van der Waals surface area (Å²) in [5, 5.41) is 14.0. The van der Waals surface area contributed by atoms with Crippen molar-refractivity contribution in [2.24, 2.45) is 5.73 Å². The highest BCUT2D eigenvalue weighted by atomic mass is 15.1. The van der Waals surface area contributed by atoms with Gasteiger partial charge in [0.25, 0.3) is 0 Å². The molecular formula is C8H14N4. The molecule has 0 amide bonds. The van der Waals surface area contributed by atoms with E-state index in [1.165, 1.54) is 5.56 Å². The second kappa shape index (κ2) is 3.38. The maximum atomic E-state index is 7.08. The lowest BCUT2D eigenvalue weighted by atomic mass is 10.1. The maximum Gasteiger partial charge on any atom is 0.0908 e. The molecule has 0 spiro atoms. The summed E-state index contributed by atoms with van der Waals surface area (Å²) in [5.74, 6) is 0.231. The highest BCUT2D eigenvalue weighted by Crippen LogP contribution is 2.11. The Morgan fingerprint density at radius 2 is 2.25 bits per heavy atom. The third kappa shape index (κ3) is 1.84. The molecule has 1 aromatic rings. The molecule has 0 unspecified atom stereocenters. The van der Waals surface area contributed by atoms with Crippen LogP contribution in [0.3, 0.4) is 0 Å². The predicted molar refractivity (Wildman–Crippen MR) is 48.3 cm³/mol. The molecule has 0 radical (unpaired) electrons. The fraction of sp³-hybridized carbons (Fsp3) is 0.500. The number of aryl methyl sites for hydroxylation is 2. The quantitative estimate of drug-likeness (QED) is 0.460. The van der Waals surface area contributed by atoms with E-state index in [0.29, 0.717) is 6.42 Å². The first-order valence-electron chi connectivity index (χ1n) is 3.94. The average molecular weight is 166 g/mol. The van der Waals surface area contributed by atoms with E-state index in [4.69, 9.17) is 11.1 Å². The molecule has 4 heteroatoms. The van der Waals surface area contributed by atoms with Crippen LogP contribution in [0.2, 0.25) is 0 Å². The normalized spacial score (nSPS) is 10.2. The van der Waals surface area contributed by atoms with Crippen molar-refractivity contribution in [3.8, 4) is 0 Å². The number of aromatic amines is 1. The molecule has 66 valence electrons. The van der Waals surface area contributed by atoms with E-state index in [2.05, 4.69) is 10.2 Å². The van der Waals surface area contributed by atoms with Crippen molar-refractivity contribution in [2.45, 2.75) is 26.7 Å². The number of nitrogens with one attached hydrogen (secondary N) is 2. The van der Waals surface area contributed by atoms with E-state index in [0.717, 1.165) is 17.8 Å². The van der Waals surface area contributed by atoms with Crippen LogP contribution in [0.15, 0.2) is 0 Å². The molecule has 0 bridgehead atoms. The molecule has 0 aliphatic heterocycles. The minimum atomic E-state index is 0.231. The van der Waals surface area contributed by atoms with Crippen LogP contribution in [0.4, 0.5) is 0 Å². The molecule has 0 aliphatic rings. The SMILES string of the molecule is Cc1n[nH]c(C)c1CCC(=N)N. The number of rotatable bonds is 3. The molecule has 1 aromatic heterocycles. The zero-order valence-electron chi connectivity index (χ0n) is 7.44. The molecule has 4 nitrogen and oxygen atoms in total. The smallest absolute Gasteiger partial charge is 0.0908 e. The van der Waals surface area contributed by atoms with Gasteiger partial charge >= 0.3 is 0 Å². The average Bonchev–Trinajstić information content (AvgIpc) is 2.28. The van der Waals surface area contributed by atoms with E-state index in [-0.39, 0.29) is 5.84 Å². The van der Waals surface area contributed by atoms with Crippen molar-refractivity contribution in [3.05, 3.63) is 17.0 Å². The van der Waals surface area contributed by atoms with E-state index in [9.17, 15) is 0 Å². The van der Waals surface area contributed by atoms with Crippen LogP contribution < -0.4 is 5.73 Å². The van der Waals surface area contributed by atoms with Crippen LogP contribution in [0.5, 0.6) is 0 Å². The van der Waals surface area contributed by atoms with Gasteiger partial charge in [-0.05, 0) is 25.8 Å². The number of H-pyrrole nitrogens is 1. The van der Waals surface area contributed by atoms with Gasteiger partial charge in [0.1, 0.15) is 0 Å². The summed E-state index contributed by atoms with van der Waals surface area (Å²) in [6.45, 7) is 3.94. The van der Waals surface area contributed by atoms with Crippen molar-refractivity contribution in [1.29, 1.82) is 5.41 Å². The summed E-state index contributed by atoms with van der Waals surface area (Å²) in [4.78, 5) is 0. The van der Waals surface area contributed by atoms with Crippen LogP contribution >= 0.6 is 0 Å². The Labute approximate surface area is 71.7 Å². The van der Waals surface area contributed by atoms with E-state index in [1.807, 2.05) is 13.8 Å². The van der Waals surface area contributed by atoms with Crippen LogP contribution in [-0.2, 0) is 6.42 Å². The standard InChI is InChI=1S/C8H14N4/c1-5-7(3-4-8(9)10)6(2)12-11-5/h3-4H2,1-2H3,(H3,9,10)(H,11,12). The predicted octanol–water partition coefficient (Wildman–Crippen LogP) is 0.895. The lowest BCUT2D eigenvalue weighted by Crippen LogP contribution is -2.10. The topological polar surface area (TPSA) is 78.5 Å². The number of aromatic nitrogens is 2. The number of hydrogen-bond donors (Lipinski definition) is 3. The van der Waals surface area contributed by atoms with Crippen molar-refractivity contribution < 1.29 is 0 Å². The third-order valence-corrected chi connectivity index (χ3v) is 1.93. The number of nitrogens with two attached hydrogens (primary N) is 1. The van der Waals surface area contributed by atoms with Gasteiger partial charge in [-0.25, -0.2) is 0 Å². The number of hydrogen-bond acceptors (Lipinski definition) is 2. The molecular weight excluding hydrogens is 152 g/mol. The van der Waals surface area contributed by atoms with Crippen molar-refractivity contribution in [2.75, 3.05) is 0 Å². The highest BCUT2D eigenvalue weighted by molar-refractivity contribution is 5.77. The van der Waals surface area contributed by atoms with Crippen LogP contribution in [0, 0.1) is 19.3 Å². The molecule has 0 aromatic carbocycles. The van der Waals surface area contributed by atoms with Gasteiger partial charge in [0.2, 0.25) is 0 Å². The van der Waals surface area contributed by atoms with Crippen LogP contribution in [0.25, 0.3) is 0 Å². The molecule has 1 rings (SSSR count). The van der Waals surface area contributed by atoms with Crippen molar-refractivity contribution >= 4 is 5.84 Å². The zero-order chi connectivity index (χ0) is 9.14. The molecule has 0 atom stereocenters. The minimum absolute atomic E-state index is 0.231. The van der Waals surface area contributed by atoms with Crippen LogP contribution in [0.1, 0.15) is 23.4 Å². The fourth-order valence-corrected chi connectivity index (χ4v) is 1.20. The summed E-state index contributed by atoms with van der Waals surface area (Å²) < 4.78 is 0. The van der Waals surface area contributed by atoms with E-state index in [1.54, 1.807) is 0 Å². The fourth-order valence-electron chi connectivity index (χ4n) is 1.20. The Morgan fingerprint density at radius 1 is 1.58 bits per heavy atom. The van der Waals surface area contributed by atoms with Crippen LogP contribution in [-0.4, -0.2) is 16.0 Å². The summed E-state index contributed by atoms with van der Waals surface area (Å²) in [6.07, 6.45) is 1.42. The second-order valence-corrected chi connectivity index (χ2v) is 2.94. The second-order valence-electron chi connectivity index (χ2n) is 2.94.